The first-order valence-electron chi connectivity index (χ1n) is 6.46. The predicted octanol–water partition coefficient (Wildman–Crippen LogP) is 3.04. The van der Waals surface area contributed by atoms with E-state index < -0.39 is 5.97 Å². The van der Waals surface area contributed by atoms with E-state index in [2.05, 4.69) is 30.7 Å². The van der Waals surface area contributed by atoms with Crippen molar-refractivity contribution in [2.45, 2.75) is 47.2 Å². The molecule has 0 saturated carbocycles. The highest BCUT2D eigenvalue weighted by Gasteiger charge is 2.09. The van der Waals surface area contributed by atoms with Gasteiger partial charge in [0.2, 0.25) is 0 Å². The topological polar surface area (TPSA) is 53.4 Å². The van der Waals surface area contributed by atoms with Gasteiger partial charge in [0.05, 0.1) is 11.3 Å². The fraction of sp³-hybridized carbons (Fsp3) is 0.571. The summed E-state index contributed by atoms with van der Waals surface area (Å²) < 4.78 is 0. The number of rotatable bonds is 5. The number of carboxylic acids is 1. The van der Waals surface area contributed by atoms with Crippen molar-refractivity contribution >= 4 is 5.97 Å². The molecule has 1 N–H and O–H groups in total. The van der Waals surface area contributed by atoms with Crippen LogP contribution < -0.4 is 0 Å². The van der Waals surface area contributed by atoms with Crippen LogP contribution in [-0.2, 0) is 6.54 Å². The molecule has 18 heavy (non-hydrogen) atoms. The van der Waals surface area contributed by atoms with Gasteiger partial charge >= 0.3 is 5.97 Å². The molecule has 1 aromatic heterocycles. The molecule has 0 unspecified atom stereocenters. The molecule has 0 atom stereocenters. The van der Waals surface area contributed by atoms with Crippen LogP contribution in [0.25, 0.3) is 0 Å². The lowest BCUT2D eigenvalue weighted by atomic mass is 10.2. The van der Waals surface area contributed by atoms with Gasteiger partial charge in [0.1, 0.15) is 0 Å². The summed E-state index contributed by atoms with van der Waals surface area (Å²) in [6.07, 6.45) is 1.41. The second kappa shape index (κ2) is 8.64. The van der Waals surface area contributed by atoms with Crippen molar-refractivity contribution in [1.29, 1.82) is 0 Å². The van der Waals surface area contributed by atoms with Gasteiger partial charge in [0.25, 0.3) is 0 Å². The van der Waals surface area contributed by atoms with Crippen molar-refractivity contribution < 1.29 is 9.90 Å². The Hall–Kier alpha value is -1.42. The van der Waals surface area contributed by atoms with Gasteiger partial charge in [-0.1, -0.05) is 20.8 Å². The maximum atomic E-state index is 10.6. The Balaban J connectivity index is 0.00000137. The molecule has 1 aromatic rings. The van der Waals surface area contributed by atoms with Crippen LogP contribution in [0.5, 0.6) is 0 Å². The van der Waals surface area contributed by atoms with E-state index in [9.17, 15) is 4.79 Å². The van der Waals surface area contributed by atoms with Crippen LogP contribution in [0, 0.1) is 0 Å². The van der Waals surface area contributed by atoms with Gasteiger partial charge in [0, 0.05) is 18.8 Å². The number of aromatic carboxylic acids is 1. The molecule has 0 amide bonds. The van der Waals surface area contributed by atoms with E-state index >= 15 is 0 Å². The van der Waals surface area contributed by atoms with Gasteiger partial charge in [-0.2, -0.15) is 0 Å². The standard InChI is InChI=1S/C12H18N2O2.C2H6/c1-4-14(9(2)3)8-11-6-5-10(7-13-11)12(15)16;1-2/h5-7,9H,4,8H2,1-3H3,(H,15,16);1-2H3. The first-order valence-corrected chi connectivity index (χ1v) is 6.46. The Morgan fingerprint density at radius 3 is 2.33 bits per heavy atom. The number of hydrogen-bond acceptors (Lipinski definition) is 3. The third-order valence-corrected chi connectivity index (χ3v) is 2.57. The van der Waals surface area contributed by atoms with E-state index in [-0.39, 0.29) is 5.56 Å². The summed E-state index contributed by atoms with van der Waals surface area (Å²) in [5.41, 5.74) is 1.14. The number of pyridine rings is 1. The highest BCUT2D eigenvalue weighted by Crippen LogP contribution is 2.06. The van der Waals surface area contributed by atoms with Gasteiger partial charge in [-0.25, -0.2) is 4.79 Å². The number of aromatic nitrogens is 1. The third kappa shape index (κ3) is 5.27. The monoisotopic (exact) mass is 252 g/mol. The minimum absolute atomic E-state index is 0.233. The average Bonchev–Trinajstić information content (AvgIpc) is 2.38. The van der Waals surface area contributed by atoms with Crippen LogP contribution in [0.1, 0.15) is 50.7 Å². The summed E-state index contributed by atoms with van der Waals surface area (Å²) in [4.78, 5) is 17.1. The molecule has 1 heterocycles. The van der Waals surface area contributed by atoms with Crippen LogP contribution in [0.2, 0.25) is 0 Å². The SMILES string of the molecule is CC.CCN(Cc1ccc(C(=O)O)cn1)C(C)C. The van der Waals surface area contributed by atoms with E-state index in [0.29, 0.717) is 6.04 Å². The number of carboxylic acid groups (broad SMARTS) is 1. The zero-order chi connectivity index (χ0) is 14.1. The summed E-state index contributed by atoms with van der Waals surface area (Å²) in [6, 6.07) is 3.83. The molecule has 0 radical (unpaired) electrons. The van der Waals surface area contributed by atoms with Gasteiger partial charge in [-0.05, 0) is 32.5 Å². The lowest BCUT2D eigenvalue weighted by Crippen LogP contribution is -2.30. The minimum Gasteiger partial charge on any atom is -0.478 e. The second-order valence-corrected chi connectivity index (χ2v) is 4.00. The number of hydrogen-bond donors (Lipinski definition) is 1. The Morgan fingerprint density at radius 1 is 1.39 bits per heavy atom. The van der Waals surface area contributed by atoms with Crippen LogP contribution in [-0.4, -0.2) is 33.5 Å². The summed E-state index contributed by atoms with van der Waals surface area (Å²) in [7, 11) is 0. The Morgan fingerprint density at radius 2 is 2.00 bits per heavy atom. The molecule has 102 valence electrons. The molecule has 0 aromatic carbocycles. The molecule has 4 heteroatoms. The highest BCUT2D eigenvalue weighted by molar-refractivity contribution is 5.87. The maximum Gasteiger partial charge on any atom is 0.337 e. The number of nitrogens with zero attached hydrogens (tertiary/aromatic N) is 2. The van der Waals surface area contributed by atoms with E-state index in [1.165, 1.54) is 6.20 Å². The molecular weight excluding hydrogens is 228 g/mol. The zero-order valence-corrected chi connectivity index (χ0v) is 12.0. The van der Waals surface area contributed by atoms with Gasteiger partial charge in [-0.15, -0.1) is 0 Å². The van der Waals surface area contributed by atoms with E-state index in [4.69, 9.17) is 5.11 Å². The molecule has 0 fully saturated rings. The summed E-state index contributed by atoms with van der Waals surface area (Å²) >= 11 is 0. The quantitative estimate of drug-likeness (QED) is 0.875. The van der Waals surface area contributed by atoms with Crippen LogP contribution >= 0.6 is 0 Å². The Bertz CT molecular complexity index is 347. The molecule has 0 spiro atoms. The fourth-order valence-electron chi connectivity index (χ4n) is 1.51. The van der Waals surface area contributed by atoms with Crippen molar-refractivity contribution in [1.82, 2.24) is 9.88 Å². The van der Waals surface area contributed by atoms with E-state index in [0.717, 1.165) is 18.8 Å². The van der Waals surface area contributed by atoms with Crippen molar-refractivity contribution in [3.05, 3.63) is 29.6 Å². The molecule has 0 saturated heterocycles. The van der Waals surface area contributed by atoms with Crippen molar-refractivity contribution in [2.24, 2.45) is 0 Å². The van der Waals surface area contributed by atoms with Crippen LogP contribution in [0.15, 0.2) is 18.3 Å². The predicted molar refractivity (Wildman–Crippen MR) is 73.8 cm³/mol. The normalized spacial score (nSPS) is 10.2. The van der Waals surface area contributed by atoms with E-state index in [1.807, 2.05) is 13.8 Å². The molecule has 4 nitrogen and oxygen atoms in total. The minimum atomic E-state index is -0.935. The third-order valence-electron chi connectivity index (χ3n) is 2.57. The van der Waals surface area contributed by atoms with E-state index in [1.54, 1.807) is 12.1 Å². The molecule has 0 aliphatic carbocycles. The van der Waals surface area contributed by atoms with Crippen molar-refractivity contribution in [3.63, 3.8) is 0 Å². The summed E-state index contributed by atoms with van der Waals surface area (Å²) in [5, 5.41) is 8.74. The van der Waals surface area contributed by atoms with Gasteiger partial charge in [-0.3, -0.25) is 9.88 Å². The molecule has 1 rings (SSSR count). The fourth-order valence-corrected chi connectivity index (χ4v) is 1.51. The Labute approximate surface area is 110 Å². The Kier molecular flexibility index (Phi) is 7.96. The highest BCUT2D eigenvalue weighted by atomic mass is 16.4. The summed E-state index contributed by atoms with van der Waals surface area (Å²) in [5.74, 6) is -0.935. The average molecular weight is 252 g/mol. The number of carbonyl (C=O) groups is 1. The van der Waals surface area contributed by atoms with Crippen LogP contribution in [0.3, 0.4) is 0 Å². The van der Waals surface area contributed by atoms with Crippen LogP contribution in [0.4, 0.5) is 0 Å². The van der Waals surface area contributed by atoms with Gasteiger partial charge in [0.15, 0.2) is 0 Å². The lowest BCUT2D eigenvalue weighted by Gasteiger charge is -2.24. The zero-order valence-electron chi connectivity index (χ0n) is 12.0. The first-order chi connectivity index (χ1) is 8.54. The maximum absolute atomic E-state index is 10.6. The second-order valence-electron chi connectivity index (χ2n) is 4.00. The molecule has 0 bridgehead atoms. The van der Waals surface area contributed by atoms with Crippen molar-refractivity contribution in [2.75, 3.05) is 6.54 Å². The smallest absolute Gasteiger partial charge is 0.337 e. The first kappa shape index (κ1) is 16.6. The molecular formula is C14H24N2O2. The molecule has 0 aliphatic heterocycles. The summed E-state index contributed by atoms with van der Waals surface area (Å²) in [6.45, 7) is 12.1. The molecule has 0 aliphatic rings. The largest absolute Gasteiger partial charge is 0.478 e. The lowest BCUT2D eigenvalue weighted by molar-refractivity contribution is 0.0696. The van der Waals surface area contributed by atoms with Crippen molar-refractivity contribution in [3.8, 4) is 0 Å². The van der Waals surface area contributed by atoms with Gasteiger partial charge < -0.3 is 5.11 Å².